The molecular formula is C42H52N14O6. The Balaban J connectivity index is 0.670. The zero-order chi connectivity index (χ0) is 42.7. The highest BCUT2D eigenvalue weighted by Gasteiger charge is 2.23. The van der Waals surface area contributed by atoms with E-state index in [0.29, 0.717) is 114 Å². The number of piperazine rings is 1. The van der Waals surface area contributed by atoms with E-state index < -0.39 is 0 Å². The Hall–Kier alpha value is -6.32. The Morgan fingerprint density at radius 3 is 2.37 bits per heavy atom. The van der Waals surface area contributed by atoms with Crippen molar-refractivity contribution in [2.75, 3.05) is 108 Å². The molecule has 0 atom stereocenters. The molecule has 0 aliphatic carbocycles. The number of hydrogen-bond donors (Lipinski definition) is 5. The quantitative estimate of drug-likeness (QED) is 0.0684. The zero-order valence-corrected chi connectivity index (χ0v) is 34.6. The number of aromatic nitrogens is 8. The van der Waals surface area contributed by atoms with Crippen LogP contribution in [0.2, 0.25) is 0 Å². The zero-order valence-electron chi connectivity index (χ0n) is 34.6. The van der Waals surface area contributed by atoms with E-state index in [1.54, 1.807) is 6.20 Å². The Morgan fingerprint density at radius 2 is 1.58 bits per heavy atom. The van der Waals surface area contributed by atoms with Gasteiger partial charge in [0.15, 0.2) is 5.65 Å². The highest BCUT2D eigenvalue weighted by atomic mass is 16.6. The molecule has 20 heteroatoms. The van der Waals surface area contributed by atoms with Gasteiger partial charge in [0.05, 0.1) is 76.8 Å². The third-order valence-electron chi connectivity index (χ3n) is 10.8. The second-order valence-corrected chi connectivity index (χ2v) is 14.9. The minimum Gasteiger partial charge on any atom is -0.383 e. The van der Waals surface area contributed by atoms with E-state index in [1.165, 1.54) is 18.1 Å². The molecule has 20 nitrogen and oxygen atoms in total. The molecule has 1 aromatic carbocycles. The average molecular weight is 849 g/mol. The lowest BCUT2D eigenvalue weighted by Gasteiger charge is -2.29. The summed E-state index contributed by atoms with van der Waals surface area (Å²) in [5, 5.41) is 12.7. The van der Waals surface area contributed by atoms with Crippen molar-refractivity contribution >= 4 is 51.5 Å². The van der Waals surface area contributed by atoms with Gasteiger partial charge in [-0.1, -0.05) is 18.2 Å². The molecule has 7 N–H and O–H groups in total. The lowest BCUT2D eigenvalue weighted by Crippen LogP contribution is -2.44. The SMILES string of the molecule is Nc1nc(N2CCNCC2)ncc1C(=O)NCCOCCOCCOCCOCCC(=O)N1CCc2cc(Cn3nc(-c4cnc5[nH]ccc5c4)c4c(N)ncnc43)ccc2C1. The predicted octanol–water partition coefficient (Wildman–Crippen LogP) is 1.55. The van der Waals surface area contributed by atoms with Crippen molar-refractivity contribution in [3.05, 3.63) is 77.5 Å². The first-order valence-corrected chi connectivity index (χ1v) is 20.9. The number of ether oxygens (including phenoxy) is 4. The Bertz CT molecular complexity index is 2470. The van der Waals surface area contributed by atoms with Crippen molar-refractivity contribution in [1.82, 2.24) is 55.2 Å². The average Bonchev–Trinajstić information content (AvgIpc) is 3.92. The number of pyridine rings is 1. The van der Waals surface area contributed by atoms with Crippen molar-refractivity contribution in [1.29, 1.82) is 0 Å². The molecule has 0 bridgehead atoms. The lowest BCUT2D eigenvalue weighted by molar-refractivity contribution is -0.133. The number of rotatable bonds is 20. The maximum absolute atomic E-state index is 13.0. The first-order chi connectivity index (χ1) is 30.4. The number of nitrogen functional groups attached to an aromatic ring is 2. The summed E-state index contributed by atoms with van der Waals surface area (Å²) >= 11 is 0. The van der Waals surface area contributed by atoms with Gasteiger partial charge in [0, 0.05) is 75.4 Å². The molecule has 8 rings (SSSR count). The van der Waals surface area contributed by atoms with Crippen LogP contribution in [0.15, 0.2) is 55.2 Å². The summed E-state index contributed by atoms with van der Waals surface area (Å²) in [6, 6.07) is 10.4. The smallest absolute Gasteiger partial charge is 0.256 e. The van der Waals surface area contributed by atoms with Gasteiger partial charge in [-0.05, 0) is 35.2 Å². The fourth-order valence-corrected chi connectivity index (χ4v) is 7.49. The number of carbonyl (C=O) groups is 2. The van der Waals surface area contributed by atoms with Crippen LogP contribution in [-0.4, -0.2) is 149 Å². The Labute approximate surface area is 357 Å². The number of nitrogens with two attached hydrogens (primary N) is 2. The third kappa shape index (κ3) is 10.4. The van der Waals surface area contributed by atoms with E-state index in [-0.39, 0.29) is 23.2 Å². The molecule has 2 aliphatic heterocycles. The lowest BCUT2D eigenvalue weighted by atomic mass is 9.97. The first-order valence-electron chi connectivity index (χ1n) is 20.9. The maximum Gasteiger partial charge on any atom is 0.256 e. The number of aromatic amines is 1. The van der Waals surface area contributed by atoms with E-state index >= 15 is 0 Å². The summed E-state index contributed by atoms with van der Waals surface area (Å²) in [5.41, 5.74) is 19.0. The number of amides is 2. The Morgan fingerprint density at radius 1 is 0.806 bits per heavy atom. The van der Waals surface area contributed by atoms with E-state index in [1.807, 2.05) is 32.8 Å². The van der Waals surface area contributed by atoms with Crippen LogP contribution in [-0.2, 0) is 43.3 Å². The minimum absolute atomic E-state index is 0.0641. The molecule has 7 heterocycles. The van der Waals surface area contributed by atoms with Crippen molar-refractivity contribution < 1.29 is 28.5 Å². The van der Waals surface area contributed by atoms with Crippen LogP contribution in [0.3, 0.4) is 0 Å². The number of carbonyl (C=O) groups excluding carboxylic acids is 2. The van der Waals surface area contributed by atoms with Gasteiger partial charge in [0.25, 0.3) is 5.91 Å². The van der Waals surface area contributed by atoms with Crippen LogP contribution in [0.5, 0.6) is 0 Å². The first kappa shape index (κ1) is 42.4. The molecule has 0 radical (unpaired) electrons. The van der Waals surface area contributed by atoms with E-state index in [4.69, 9.17) is 35.5 Å². The topological polar surface area (TPSA) is 252 Å². The van der Waals surface area contributed by atoms with Gasteiger partial charge in [-0.25, -0.2) is 24.6 Å². The van der Waals surface area contributed by atoms with Crippen molar-refractivity contribution in [3.8, 4) is 11.3 Å². The maximum atomic E-state index is 13.0. The monoisotopic (exact) mass is 848 g/mol. The highest BCUT2D eigenvalue weighted by Crippen LogP contribution is 2.32. The van der Waals surface area contributed by atoms with Gasteiger partial charge in [-0.15, -0.1) is 0 Å². The number of nitrogens with zero attached hydrogens (tertiary/aromatic N) is 9. The normalized spacial score (nSPS) is 14.1. The Kier molecular flexibility index (Phi) is 14.0. The standard InChI is InChI=1S/C42H52N14O6/c43-37-33(24-49-42(52-37)54-11-7-45-8-12-54)41(58)47-9-14-60-16-18-62-20-19-61-17-15-59-13-5-34(57)55-10-4-29-21-28(1-2-31(29)26-55)25-56-40-35(38(44)50-27-51-40)36(53-56)32-22-30-3-6-46-39(30)48-23-32/h1-3,6,21-24,27,45H,4-5,7-20,25-26H2,(H,46,48)(H,47,58)(H2,43,49,52)(H2,44,50,51). The molecule has 62 heavy (non-hydrogen) atoms. The molecule has 5 aromatic heterocycles. The number of H-pyrrole nitrogens is 1. The van der Waals surface area contributed by atoms with Crippen LogP contribution < -0.4 is 27.0 Å². The fourth-order valence-electron chi connectivity index (χ4n) is 7.49. The van der Waals surface area contributed by atoms with Gasteiger partial charge in [0.2, 0.25) is 11.9 Å². The molecule has 2 aliphatic rings. The van der Waals surface area contributed by atoms with Crippen molar-refractivity contribution in [3.63, 3.8) is 0 Å². The molecule has 0 saturated carbocycles. The molecular weight excluding hydrogens is 797 g/mol. The van der Waals surface area contributed by atoms with Crippen LogP contribution in [0, 0.1) is 0 Å². The van der Waals surface area contributed by atoms with Crippen molar-refractivity contribution in [2.24, 2.45) is 0 Å². The predicted molar refractivity (Wildman–Crippen MR) is 231 cm³/mol. The summed E-state index contributed by atoms with van der Waals surface area (Å²) in [6.45, 7) is 8.33. The van der Waals surface area contributed by atoms with E-state index in [9.17, 15) is 9.59 Å². The molecule has 6 aromatic rings. The number of fused-ring (bicyclic) bond motifs is 3. The second-order valence-electron chi connectivity index (χ2n) is 14.9. The molecule has 1 fully saturated rings. The molecule has 1 saturated heterocycles. The second kappa shape index (κ2) is 20.5. The van der Waals surface area contributed by atoms with Gasteiger partial charge in [0.1, 0.15) is 29.3 Å². The van der Waals surface area contributed by atoms with Crippen LogP contribution in [0.4, 0.5) is 17.6 Å². The van der Waals surface area contributed by atoms with E-state index in [2.05, 4.69) is 58.7 Å². The van der Waals surface area contributed by atoms with Gasteiger partial charge in [-0.3, -0.25) is 9.59 Å². The summed E-state index contributed by atoms with van der Waals surface area (Å²) in [7, 11) is 0. The van der Waals surface area contributed by atoms with Crippen LogP contribution in [0.25, 0.3) is 33.3 Å². The number of benzene rings is 1. The number of anilines is 3. The van der Waals surface area contributed by atoms with Crippen LogP contribution >= 0.6 is 0 Å². The summed E-state index contributed by atoms with van der Waals surface area (Å²) < 4.78 is 24.2. The fraction of sp³-hybridized carbons (Fsp3) is 0.429. The number of nitrogens with one attached hydrogen (secondary N) is 3. The van der Waals surface area contributed by atoms with Crippen molar-refractivity contribution in [2.45, 2.75) is 25.9 Å². The van der Waals surface area contributed by atoms with E-state index in [0.717, 1.165) is 60.3 Å². The van der Waals surface area contributed by atoms with Gasteiger partial charge >= 0.3 is 0 Å². The van der Waals surface area contributed by atoms with Crippen LogP contribution in [0.1, 0.15) is 33.5 Å². The summed E-state index contributed by atoms with van der Waals surface area (Å²) in [5.74, 6) is 0.764. The molecule has 2 amide bonds. The molecule has 0 spiro atoms. The van der Waals surface area contributed by atoms with Gasteiger partial charge < -0.3 is 55.8 Å². The molecule has 326 valence electrons. The highest BCUT2D eigenvalue weighted by molar-refractivity contribution is 5.99. The largest absolute Gasteiger partial charge is 0.383 e. The summed E-state index contributed by atoms with van der Waals surface area (Å²) in [4.78, 5) is 54.5. The molecule has 0 unspecified atom stereocenters. The van der Waals surface area contributed by atoms with Gasteiger partial charge in [-0.2, -0.15) is 10.1 Å². The minimum atomic E-state index is -0.345. The number of hydrogen-bond acceptors (Lipinski definition) is 16. The summed E-state index contributed by atoms with van der Waals surface area (Å²) in [6.07, 6.45) is 7.62. The third-order valence-corrected chi connectivity index (χ3v) is 10.8.